The highest BCUT2D eigenvalue weighted by atomic mass is 35.5. The summed E-state index contributed by atoms with van der Waals surface area (Å²) in [7, 11) is 2.08. The average molecular weight is 342 g/mol. The first-order chi connectivity index (χ1) is 11.6. The Labute approximate surface area is 147 Å². The number of rotatable bonds is 3. The number of aryl methyl sites for hydroxylation is 1. The predicted molar refractivity (Wildman–Crippen MR) is 96.6 cm³/mol. The maximum absolute atomic E-state index is 9.15. The molecule has 0 saturated carbocycles. The van der Waals surface area contributed by atoms with E-state index in [1.54, 1.807) is 12.4 Å². The second kappa shape index (κ2) is 7.06. The fourth-order valence-corrected chi connectivity index (χ4v) is 3.38. The monoisotopic (exact) mass is 341 g/mol. The van der Waals surface area contributed by atoms with Crippen molar-refractivity contribution in [3.8, 4) is 6.07 Å². The number of nitrogens with zero attached hydrogens (tertiary/aromatic N) is 5. The molecule has 1 aliphatic rings. The molecule has 1 aromatic carbocycles. The highest BCUT2D eigenvalue weighted by Crippen LogP contribution is 2.27. The van der Waals surface area contributed by atoms with Gasteiger partial charge in [0.1, 0.15) is 12.1 Å². The van der Waals surface area contributed by atoms with Crippen molar-refractivity contribution in [3.05, 3.63) is 46.9 Å². The third-order valence-electron chi connectivity index (χ3n) is 4.47. The largest absolute Gasteiger partial charge is 0.369 e. The molecule has 124 valence electrons. The summed E-state index contributed by atoms with van der Waals surface area (Å²) in [6.07, 6.45) is 3.81. The number of nitriles is 1. The Bertz CT molecular complexity index is 770. The third kappa shape index (κ3) is 3.60. The second-order valence-electron chi connectivity index (χ2n) is 6.18. The van der Waals surface area contributed by atoms with Gasteiger partial charge in [-0.1, -0.05) is 11.6 Å². The van der Waals surface area contributed by atoms with E-state index in [9.17, 15) is 0 Å². The van der Waals surface area contributed by atoms with Crippen LogP contribution in [-0.2, 0) is 0 Å². The van der Waals surface area contributed by atoms with Crippen molar-refractivity contribution in [2.24, 2.45) is 0 Å². The normalized spacial score (nSPS) is 17.4. The molecule has 3 rings (SSSR count). The van der Waals surface area contributed by atoms with Crippen molar-refractivity contribution in [1.29, 1.82) is 5.26 Å². The highest BCUT2D eigenvalue weighted by Gasteiger charge is 2.24. The molecule has 1 aromatic heterocycles. The second-order valence-corrected chi connectivity index (χ2v) is 6.62. The standard InChI is InChI=1S/C18H20ClN5/c1-13-6-18(22-12-21-13)23(2)16-4-3-5-24(11-16)17-8-14(10-20)7-15(19)9-17/h6-9,12,16H,3-5,11H2,1-2H3. The molecule has 0 N–H and O–H groups in total. The predicted octanol–water partition coefficient (Wildman–Crippen LogP) is 3.42. The van der Waals surface area contributed by atoms with E-state index in [0.29, 0.717) is 16.6 Å². The average Bonchev–Trinajstić information content (AvgIpc) is 2.60. The number of benzene rings is 1. The van der Waals surface area contributed by atoms with Crippen LogP contribution in [-0.4, -0.2) is 36.1 Å². The third-order valence-corrected chi connectivity index (χ3v) is 4.69. The number of piperidine rings is 1. The molecule has 1 atom stereocenters. The Balaban J connectivity index is 1.79. The summed E-state index contributed by atoms with van der Waals surface area (Å²) in [6, 6.07) is 10.1. The topological polar surface area (TPSA) is 56.0 Å². The number of halogens is 1. The molecule has 1 unspecified atom stereocenters. The molecule has 1 fully saturated rings. The van der Waals surface area contributed by atoms with Crippen molar-refractivity contribution in [2.75, 3.05) is 29.9 Å². The molecule has 0 bridgehead atoms. The Morgan fingerprint density at radius 1 is 1.29 bits per heavy atom. The van der Waals surface area contributed by atoms with Gasteiger partial charge in [0, 0.05) is 48.6 Å². The minimum Gasteiger partial charge on any atom is -0.369 e. The number of aromatic nitrogens is 2. The minimum atomic E-state index is 0.359. The van der Waals surface area contributed by atoms with Gasteiger partial charge in [0.2, 0.25) is 0 Å². The van der Waals surface area contributed by atoms with E-state index >= 15 is 0 Å². The maximum atomic E-state index is 9.15. The molecule has 0 radical (unpaired) electrons. The van der Waals surface area contributed by atoms with Gasteiger partial charge >= 0.3 is 0 Å². The summed E-state index contributed by atoms with van der Waals surface area (Å²) in [5, 5.41) is 9.75. The summed E-state index contributed by atoms with van der Waals surface area (Å²) in [5.41, 5.74) is 2.57. The lowest BCUT2D eigenvalue weighted by molar-refractivity contribution is 0.485. The molecule has 6 heteroatoms. The first-order valence-electron chi connectivity index (χ1n) is 8.04. The number of hydrogen-bond acceptors (Lipinski definition) is 5. The van der Waals surface area contributed by atoms with Gasteiger partial charge in [-0.15, -0.1) is 0 Å². The molecule has 24 heavy (non-hydrogen) atoms. The highest BCUT2D eigenvalue weighted by molar-refractivity contribution is 6.31. The van der Waals surface area contributed by atoms with Crippen LogP contribution in [0.15, 0.2) is 30.6 Å². The molecular formula is C18H20ClN5. The van der Waals surface area contributed by atoms with Crippen LogP contribution in [0.25, 0.3) is 0 Å². The van der Waals surface area contributed by atoms with Crippen LogP contribution in [0.3, 0.4) is 0 Å². The van der Waals surface area contributed by atoms with Crippen molar-refractivity contribution >= 4 is 23.1 Å². The molecule has 1 aliphatic heterocycles. The number of likely N-dealkylation sites (N-methyl/N-ethyl adjacent to an activating group) is 1. The maximum Gasteiger partial charge on any atom is 0.132 e. The van der Waals surface area contributed by atoms with Crippen molar-refractivity contribution in [2.45, 2.75) is 25.8 Å². The summed E-state index contributed by atoms with van der Waals surface area (Å²) in [5.74, 6) is 0.943. The van der Waals surface area contributed by atoms with Gasteiger partial charge in [0.25, 0.3) is 0 Å². The van der Waals surface area contributed by atoms with Crippen LogP contribution in [0.5, 0.6) is 0 Å². The Hall–Kier alpha value is -2.32. The van der Waals surface area contributed by atoms with Crippen molar-refractivity contribution in [3.63, 3.8) is 0 Å². The van der Waals surface area contributed by atoms with E-state index in [1.165, 1.54) is 0 Å². The van der Waals surface area contributed by atoms with Gasteiger partial charge in [0.15, 0.2) is 0 Å². The van der Waals surface area contributed by atoms with E-state index in [0.717, 1.165) is 43.1 Å². The molecule has 0 aliphatic carbocycles. The van der Waals surface area contributed by atoms with Gasteiger partial charge in [-0.05, 0) is 38.0 Å². The summed E-state index contributed by atoms with van der Waals surface area (Å²) < 4.78 is 0. The van der Waals surface area contributed by atoms with Gasteiger partial charge in [-0.25, -0.2) is 9.97 Å². The first kappa shape index (κ1) is 16.5. The van der Waals surface area contributed by atoms with Crippen LogP contribution < -0.4 is 9.80 Å². The van der Waals surface area contributed by atoms with E-state index in [2.05, 4.69) is 32.9 Å². The van der Waals surface area contributed by atoms with E-state index in [1.807, 2.05) is 25.1 Å². The Morgan fingerprint density at radius 2 is 2.12 bits per heavy atom. The molecule has 0 spiro atoms. The van der Waals surface area contributed by atoms with Crippen molar-refractivity contribution < 1.29 is 0 Å². The fraction of sp³-hybridized carbons (Fsp3) is 0.389. The Kier molecular flexibility index (Phi) is 4.86. The Morgan fingerprint density at radius 3 is 2.88 bits per heavy atom. The van der Waals surface area contributed by atoms with E-state index in [-0.39, 0.29) is 0 Å². The van der Waals surface area contributed by atoms with Crippen LogP contribution in [0.1, 0.15) is 24.1 Å². The molecule has 0 amide bonds. The molecule has 2 aromatic rings. The van der Waals surface area contributed by atoms with E-state index < -0.39 is 0 Å². The van der Waals surface area contributed by atoms with Crippen LogP contribution in [0, 0.1) is 18.3 Å². The van der Waals surface area contributed by atoms with Gasteiger partial charge < -0.3 is 9.80 Å². The van der Waals surface area contributed by atoms with Gasteiger partial charge in [-0.3, -0.25) is 0 Å². The first-order valence-corrected chi connectivity index (χ1v) is 8.42. The molecular weight excluding hydrogens is 322 g/mol. The van der Waals surface area contributed by atoms with Crippen molar-refractivity contribution in [1.82, 2.24) is 9.97 Å². The van der Waals surface area contributed by atoms with E-state index in [4.69, 9.17) is 16.9 Å². The lowest BCUT2D eigenvalue weighted by atomic mass is 10.0. The summed E-state index contributed by atoms with van der Waals surface area (Å²) in [6.45, 7) is 3.82. The zero-order valence-corrected chi connectivity index (χ0v) is 14.7. The SMILES string of the molecule is Cc1cc(N(C)C2CCCN(c3cc(Cl)cc(C#N)c3)C2)ncn1. The van der Waals surface area contributed by atoms with Gasteiger partial charge in [0.05, 0.1) is 11.6 Å². The van der Waals surface area contributed by atoms with Crippen LogP contribution >= 0.6 is 11.6 Å². The quantitative estimate of drug-likeness (QED) is 0.856. The van der Waals surface area contributed by atoms with Crippen LogP contribution in [0.4, 0.5) is 11.5 Å². The number of anilines is 2. The molecule has 2 heterocycles. The zero-order valence-electron chi connectivity index (χ0n) is 13.9. The number of hydrogen-bond donors (Lipinski definition) is 0. The molecule has 1 saturated heterocycles. The van der Waals surface area contributed by atoms with Crippen LogP contribution in [0.2, 0.25) is 5.02 Å². The lowest BCUT2D eigenvalue weighted by Gasteiger charge is -2.39. The smallest absolute Gasteiger partial charge is 0.132 e. The minimum absolute atomic E-state index is 0.359. The zero-order chi connectivity index (χ0) is 17.1. The summed E-state index contributed by atoms with van der Waals surface area (Å²) in [4.78, 5) is 13.1. The summed E-state index contributed by atoms with van der Waals surface area (Å²) >= 11 is 6.16. The fourth-order valence-electron chi connectivity index (χ4n) is 3.15. The lowest BCUT2D eigenvalue weighted by Crippen LogP contribution is -2.47. The van der Waals surface area contributed by atoms with Gasteiger partial charge in [-0.2, -0.15) is 5.26 Å². The molecule has 5 nitrogen and oxygen atoms in total.